The van der Waals surface area contributed by atoms with E-state index < -0.39 is 0 Å². The molecule has 0 aliphatic carbocycles. The minimum atomic E-state index is 0.540. The molecule has 2 rings (SSSR count). The second kappa shape index (κ2) is 3.64. The fraction of sp³-hybridized carbons (Fsp3) is 0. The van der Waals surface area contributed by atoms with Crippen LogP contribution < -0.4 is 4.73 Å². The van der Waals surface area contributed by atoms with Crippen molar-refractivity contribution >= 4 is 11.6 Å². The lowest BCUT2D eigenvalue weighted by Gasteiger charge is -2.02. The molecule has 0 aliphatic heterocycles. The van der Waals surface area contributed by atoms with Gasteiger partial charge in [0.1, 0.15) is 0 Å². The summed E-state index contributed by atoms with van der Waals surface area (Å²) >= 11 is 5.94. The molecule has 0 saturated heterocycles. The maximum atomic E-state index is 11.0. The zero-order valence-corrected chi connectivity index (χ0v) is 7.98. The van der Waals surface area contributed by atoms with Crippen LogP contribution in [0.5, 0.6) is 0 Å². The van der Waals surface area contributed by atoms with E-state index in [0.717, 1.165) is 15.9 Å². The van der Waals surface area contributed by atoms with Crippen LogP contribution in [0.15, 0.2) is 43.0 Å². The summed E-state index contributed by atoms with van der Waals surface area (Å²) in [6.45, 7) is 0. The Balaban J connectivity index is 2.55. The highest BCUT2D eigenvalue weighted by Gasteiger charge is 2.04. The topological polar surface area (TPSA) is 39.8 Å². The van der Waals surface area contributed by atoms with Gasteiger partial charge < -0.3 is 5.21 Å². The molecule has 0 spiro atoms. The first-order valence-electron chi connectivity index (χ1n) is 4.06. The van der Waals surface area contributed by atoms with Gasteiger partial charge in [-0.25, -0.2) is 0 Å². The fourth-order valence-corrected chi connectivity index (χ4v) is 1.45. The van der Waals surface area contributed by atoms with Gasteiger partial charge in [-0.1, -0.05) is 11.6 Å². The van der Waals surface area contributed by atoms with E-state index in [9.17, 15) is 5.21 Å². The van der Waals surface area contributed by atoms with Gasteiger partial charge in [0, 0.05) is 29.6 Å². The van der Waals surface area contributed by atoms with Crippen LogP contribution in [0.4, 0.5) is 0 Å². The van der Waals surface area contributed by atoms with Crippen LogP contribution in [-0.2, 0) is 0 Å². The average molecular weight is 207 g/mol. The summed E-state index contributed by atoms with van der Waals surface area (Å²) in [5.41, 5.74) is 1.60. The van der Waals surface area contributed by atoms with Crippen molar-refractivity contribution in [1.29, 1.82) is 0 Å². The first-order valence-corrected chi connectivity index (χ1v) is 4.44. The maximum Gasteiger partial charge on any atom is 0.188 e. The molecule has 3 nitrogen and oxygen atoms in total. The van der Waals surface area contributed by atoms with E-state index >= 15 is 0 Å². The van der Waals surface area contributed by atoms with E-state index in [4.69, 9.17) is 11.6 Å². The minimum Gasteiger partial charge on any atom is -0.619 e. The lowest BCUT2D eigenvalue weighted by molar-refractivity contribution is -0.604. The number of halogens is 1. The van der Waals surface area contributed by atoms with Crippen molar-refractivity contribution in [2.75, 3.05) is 0 Å². The van der Waals surface area contributed by atoms with E-state index in [1.807, 2.05) is 6.07 Å². The first-order chi connectivity index (χ1) is 6.77. The molecule has 0 bridgehead atoms. The lowest BCUT2D eigenvalue weighted by atomic mass is 10.1. The van der Waals surface area contributed by atoms with Crippen LogP contribution in [0.3, 0.4) is 0 Å². The van der Waals surface area contributed by atoms with Crippen molar-refractivity contribution in [3.05, 3.63) is 53.2 Å². The zero-order valence-electron chi connectivity index (χ0n) is 7.22. The third kappa shape index (κ3) is 1.67. The molecule has 0 aliphatic rings. The van der Waals surface area contributed by atoms with Crippen LogP contribution in [0.25, 0.3) is 11.1 Å². The maximum absolute atomic E-state index is 11.0. The van der Waals surface area contributed by atoms with Gasteiger partial charge in [0.25, 0.3) is 0 Å². The number of nitrogens with zero attached hydrogens (tertiary/aromatic N) is 2. The number of hydrogen-bond donors (Lipinski definition) is 0. The SMILES string of the molecule is [O-][n+]1cccc(-c2ccncc2Cl)c1. The number of pyridine rings is 2. The van der Waals surface area contributed by atoms with Crippen LogP contribution in [0.1, 0.15) is 0 Å². The van der Waals surface area contributed by atoms with Gasteiger partial charge >= 0.3 is 0 Å². The predicted molar refractivity (Wildman–Crippen MR) is 53.6 cm³/mol. The lowest BCUT2D eigenvalue weighted by Crippen LogP contribution is -2.23. The predicted octanol–water partition coefficient (Wildman–Crippen LogP) is 2.04. The summed E-state index contributed by atoms with van der Waals surface area (Å²) < 4.78 is 0.742. The Morgan fingerprint density at radius 1 is 1.36 bits per heavy atom. The van der Waals surface area contributed by atoms with Crippen molar-refractivity contribution < 1.29 is 4.73 Å². The third-order valence-electron chi connectivity index (χ3n) is 1.86. The smallest absolute Gasteiger partial charge is 0.188 e. The summed E-state index contributed by atoms with van der Waals surface area (Å²) in [5.74, 6) is 0. The van der Waals surface area contributed by atoms with Gasteiger partial charge in [-0.15, -0.1) is 0 Å². The Bertz CT molecular complexity index is 459. The van der Waals surface area contributed by atoms with Crippen molar-refractivity contribution in [2.24, 2.45) is 0 Å². The van der Waals surface area contributed by atoms with Crippen LogP contribution in [0.2, 0.25) is 5.02 Å². The molecule has 0 aromatic carbocycles. The van der Waals surface area contributed by atoms with E-state index in [-0.39, 0.29) is 0 Å². The molecule has 0 unspecified atom stereocenters. The number of aromatic nitrogens is 2. The average Bonchev–Trinajstić information content (AvgIpc) is 2.18. The normalized spacial score (nSPS) is 10.1. The van der Waals surface area contributed by atoms with Crippen molar-refractivity contribution in [3.63, 3.8) is 0 Å². The second-order valence-electron chi connectivity index (χ2n) is 2.81. The summed E-state index contributed by atoms with van der Waals surface area (Å²) in [6, 6.07) is 5.28. The van der Waals surface area contributed by atoms with E-state index in [2.05, 4.69) is 4.98 Å². The van der Waals surface area contributed by atoms with Crippen molar-refractivity contribution in [2.45, 2.75) is 0 Å². The van der Waals surface area contributed by atoms with Crippen molar-refractivity contribution in [3.8, 4) is 11.1 Å². The number of hydrogen-bond acceptors (Lipinski definition) is 2. The molecular weight excluding hydrogens is 200 g/mol. The largest absolute Gasteiger partial charge is 0.619 e. The fourth-order valence-electron chi connectivity index (χ4n) is 1.22. The van der Waals surface area contributed by atoms with E-state index in [1.54, 1.807) is 24.5 Å². The highest BCUT2D eigenvalue weighted by molar-refractivity contribution is 6.33. The molecule has 2 aromatic heterocycles. The molecule has 0 fully saturated rings. The molecule has 2 aromatic rings. The molecule has 2 heterocycles. The van der Waals surface area contributed by atoms with Crippen LogP contribution in [0, 0.1) is 5.21 Å². The zero-order chi connectivity index (χ0) is 9.97. The third-order valence-corrected chi connectivity index (χ3v) is 2.16. The van der Waals surface area contributed by atoms with E-state index in [1.165, 1.54) is 12.4 Å². The molecule has 0 radical (unpaired) electrons. The quantitative estimate of drug-likeness (QED) is 0.529. The Morgan fingerprint density at radius 3 is 2.93 bits per heavy atom. The van der Waals surface area contributed by atoms with Gasteiger partial charge in [0.15, 0.2) is 12.4 Å². The first kappa shape index (κ1) is 8.97. The van der Waals surface area contributed by atoms with E-state index in [0.29, 0.717) is 5.02 Å². The van der Waals surface area contributed by atoms with Gasteiger partial charge in [-0.2, -0.15) is 4.73 Å². The van der Waals surface area contributed by atoms with Crippen LogP contribution in [-0.4, -0.2) is 4.98 Å². The van der Waals surface area contributed by atoms with Crippen LogP contribution >= 0.6 is 11.6 Å². The van der Waals surface area contributed by atoms with Gasteiger partial charge in [-0.3, -0.25) is 4.98 Å². The standard InChI is InChI=1S/C10H7ClN2O/c11-10-6-12-4-3-9(10)8-2-1-5-13(14)7-8/h1-7H. The van der Waals surface area contributed by atoms with Crippen molar-refractivity contribution in [1.82, 2.24) is 4.98 Å². The molecule has 14 heavy (non-hydrogen) atoms. The molecule has 0 saturated carbocycles. The minimum absolute atomic E-state index is 0.540. The molecule has 4 heteroatoms. The Morgan fingerprint density at radius 2 is 2.21 bits per heavy atom. The number of rotatable bonds is 1. The molecular formula is C10H7ClN2O. The molecule has 0 amide bonds. The highest BCUT2D eigenvalue weighted by Crippen LogP contribution is 2.24. The highest BCUT2D eigenvalue weighted by atomic mass is 35.5. The Kier molecular flexibility index (Phi) is 2.33. The molecule has 70 valence electrons. The Hall–Kier alpha value is -1.61. The Labute approximate surface area is 86.2 Å². The molecule has 0 N–H and O–H groups in total. The van der Waals surface area contributed by atoms with Gasteiger partial charge in [-0.05, 0) is 12.1 Å². The molecule has 0 atom stereocenters. The summed E-state index contributed by atoms with van der Waals surface area (Å²) in [5, 5.41) is 11.6. The summed E-state index contributed by atoms with van der Waals surface area (Å²) in [4.78, 5) is 3.88. The summed E-state index contributed by atoms with van der Waals surface area (Å²) in [7, 11) is 0. The summed E-state index contributed by atoms with van der Waals surface area (Å²) in [6.07, 6.45) is 6.10. The second-order valence-corrected chi connectivity index (χ2v) is 3.22. The van der Waals surface area contributed by atoms with Gasteiger partial charge in [0.05, 0.1) is 5.02 Å². The monoisotopic (exact) mass is 206 g/mol. The van der Waals surface area contributed by atoms with Gasteiger partial charge in [0.2, 0.25) is 0 Å².